The fourth-order valence-corrected chi connectivity index (χ4v) is 4.34. The molecule has 0 bridgehead atoms. The van der Waals surface area contributed by atoms with Gasteiger partial charge in [-0.05, 0) is 25.1 Å². The van der Waals surface area contributed by atoms with Crippen LogP contribution in [0.2, 0.25) is 0 Å². The molecule has 0 saturated carbocycles. The maximum absolute atomic E-state index is 12.5. The second-order valence-corrected chi connectivity index (χ2v) is 8.30. The summed E-state index contributed by atoms with van der Waals surface area (Å²) in [6.07, 6.45) is 1.35. The van der Waals surface area contributed by atoms with E-state index in [9.17, 15) is 13.2 Å². The zero-order chi connectivity index (χ0) is 16.7. The maximum Gasteiger partial charge on any atom is 0.213 e. The highest BCUT2D eigenvalue weighted by molar-refractivity contribution is 7.89. The first-order chi connectivity index (χ1) is 10.9. The van der Waals surface area contributed by atoms with Crippen molar-refractivity contribution < 1.29 is 22.7 Å². The number of fused-ring (bicyclic) bond motifs is 1. The van der Waals surface area contributed by atoms with E-state index < -0.39 is 15.6 Å². The van der Waals surface area contributed by atoms with Crippen molar-refractivity contribution in [1.82, 2.24) is 4.31 Å². The lowest BCUT2D eigenvalue weighted by Gasteiger charge is -2.43. The molecule has 6 nitrogen and oxygen atoms in total. The first kappa shape index (κ1) is 16.3. The molecule has 3 rings (SSSR count). The van der Waals surface area contributed by atoms with Crippen molar-refractivity contribution in [2.24, 2.45) is 0 Å². The third kappa shape index (κ3) is 2.95. The number of sulfonamides is 1. The molecule has 23 heavy (non-hydrogen) atoms. The normalized spacial score (nSPS) is 20.9. The smallest absolute Gasteiger partial charge is 0.213 e. The van der Waals surface area contributed by atoms with Crippen molar-refractivity contribution in [3.63, 3.8) is 0 Å². The minimum atomic E-state index is -3.18. The zero-order valence-corrected chi connectivity index (χ0v) is 14.2. The number of benzene rings is 1. The predicted octanol–water partition coefficient (Wildman–Crippen LogP) is 1.84. The summed E-state index contributed by atoms with van der Waals surface area (Å²) in [5.74, 6) is 1.31. The molecule has 0 radical (unpaired) electrons. The summed E-state index contributed by atoms with van der Waals surface area (Å²) >= 11 is 0. The number of rotatable bonds is 3. The van der Waals surface area contributed by atoms with E-state index in [0.29, 0.717) is 43.0 Å². The Balaban J connectivity index is 1.80. The van der Waals surface area contributed by atoms with Gasteiger partial charge in [-0.15, -0.1) is 0 Å². The summed E-state index contributed by atoms with van der Waals surface area (Å²) in [5.41, 5.74) is -0.0445. The van der Waals surface area contributed by atoms with Gasteiger partial charge in [0, 0.05) is 25.9 Å². The monoisotopic (exact) mass is 339 g/mol. The van der Waals surface area contributed by atoms with Gasteiger partial charge in [0.1, 0.15) is 17.1 Å². The zero-order valence-electron chi connectivity index (χ0n) is 13.4. The number of ketones is 1. The summed E-state index contributed by atoms with van der Waals surface area (Å²) < 4.78 is 36.7. The van der Waals surface area contributed by atoms with Gasteiger partial charge in [0.25, 0.3) is 0 Å². The third-order valence-corrected chi connectivity index (χ3v) is 6.57. The molecule has 1 spiro atoms. The van der Waals surface area contributed by atoms with Crippen LogP contribution in [0.3, 0.4) is 0 Å². The van der Waals surface area contributed by atoms with Gasteiger partial charge < -0.3 is 9.47 Å². The first-order valence-electron chi connectivity index (χ1n) is 7.77. The van der Waals surface area contributed by atoms with Crippen LogP contribution in [0.15, 0.2) is 18.2 Å². The van der Waals surface area contributed by atoms with E-state index in [1.54, 1.807) is 32.2 Å². The van der Waals surface area contributed by atoms with E-state index in [4.69, 9.17) is 9.47 Å². The van der Waals surface area contributed by atoms with Gasteiger partial charge in [0.15, 0.2) is 5.78 Å². The molecule has 2 aliphatic rings. The molecule has 2 heterocycles. The average Bonchev–Trinajstić information content (AvgIpc) is 2.55. The molecule has 7 heteroatoms. The molecule has 0 amide bonds. The van der Waals surface area contributed by atoms with Crippen LogP contribution in [0.5, 0.6) is 11.5 Å². The quantitative estimate of drug-likeness (QED) is 0.840. The number of carbonyl (C=O) groups excluding carboxylic acids is 1. The van der Waals surface area contributed by atoms with Gasteiger partial charge in [-0.1, -0.05) is 0 Å². The van der Waals surface area contributed by atoms with E-state index >= 15 is 0 Å². The van der Waals surface area contributed by atoms with Crippen molar-refractivity contribution >= 4 is 15.8 Å². The van der Waals surface area contributed by atoms with Crippen molar-refractivity contribution in [3.05, 3.63) is 23.8 Å². The van der Waals surface area contributed by atoms with Gasteiger partial charge in [-0.25, -0.2) is 12.7 Å². The lowest BCUT2D eigenvalue weighted by molar-refractivity contribution is 0.00586. The lowest BCUT2D eigenvalue weighted by Crippen LogP contribution is -2.52. The lowest BCUT2D eigenvalue weighted by atomic mass is 9.83. The molecule has 126 valence electrons. The topological polar surface area (TPSA) is 72.9 Å². The van der Waals surface area contributed by atoms with Crippen LogP contribution in [-0.2, 0) is 10.0 Å². The summed E-state index contributed by atoms with van der Waals surface area (Å²) in [6, 6.07) is 5.21. The van der Waals surface area contributed by atoms with Crippen molar-refractivity contribution in [3.8, 4) is 11.5 Å². The molecule has 1 fully saturated rings. The van der Waals surface area contributed by atoms with E-state index in [-0.39, 0.29) is 18.0 Å². The fraction of sp³-hybridized carbons (Fsp3) is 0.562. The van der Waals surface area contributed by atoms with Crippen LogP contribution in [0, 0.1) is 0 Å². The molecule has 2 aliphatic heterocycles. The van der Waals surface area contributed by atoms with Crippen LogP contribution in [0.25, 0.3) is 0 Å². The van der Waals surface area contributed by atoms with Crippen LogP contribution < -0.4 is 9.47 Å². The van der Waals surface area contributed by atoms with Gasteiger partial charge >= 0.3 is 0 Å². The summed E-state index contributed by atoms with van der Waals surface area (Å²) in [4.78, 5) is 12.5. The molecule has 1 saturated heterocycles. The number of hydrogen-bond acceptors (Lipinski definition) is 5. The van der Waals surface area contributed by atoms with Crippen LogP contribution in [0.4, 0.5) is 0 Å². The van der Waals surface area contributed by atoms with Gasteiger partial charge in [-0.3, -0.25) is 4.79 Å². The molecule has 0 aliphatic carbocycles. The highest BCUT2D eigenvalue weighted by Crippen LogP contribution is 2.40. The number of piperidine rings is 1. The fourth-order valence-electron chi connectivity index (χ4n) is 3.23. The minimum Gasteiger partial charge on any atom is -0.497 e. The molecule has 0 N–H and O–H groups in total. The van der Waals surface area contributed by atoms with E-state index in [1.807, 2.05) is 0 Å². The molecular weight excluding hydrogens is 318 g/mol. The molecular formula is C16H21NO5S. The Morgan fingerprint density at radius 1 is 1.30 bits per heavy atom. The number of hydrogen-bond donors (Lipinski definition) is 0. The third-order valence-electron chi connectivity index (χ3n) is 4.69. The predicted molar refractivity (Wildman–Crippen MR) is 85.6 cm³/mol. The molecule has 1 aromatic carbocycles. The standard InChI is InChI=1S/C16H21NO5S/c1-3-23(19,20)17-8-6-16(7-9-17)11-14(18)13-10-12(21-2)4-5-15(13)22-16/h4-5,10H,3,6-9,11H2,1-2H3. The summed E-state index contributed by atoms with van der Waals surface area (Å²) in [6.45, 7) is 2.44. The SMILES string of the molecule is CCS(=O)(=O)N1CCC2(CC1)CC(=O)c1cc(OC)ccc1O2. The molecule has 0 unspecified atom stereocenters. The van der Waals surface area contributed by atoms with Crippen LogP contribution in [0.1, 0.15) is 36.5 Å². The Hall–Kier alpha value is -1.60. The van der Waals surface area contributed by atoms with Crippen molar-refractivity contribution in [2.75, 3.05) is 26.0 Å². The largest absolute Gasteiger partial charge is 0.497 e. The van der Waals surface area contributed by atoms with Crippen LogP contribution in [-0.4, -0.2) is 50.1 Å². The highest BCUT2D eigenvalue weighted by Gasteiger charge is 2.44. The second-order valence-electron chi connectivity index (χ2n) is 6.05. The number of carbonyl (C=O) groups is 1. The Bertz CT molecular complexity index is 720. The Morgan fingerprint density at radius 2 is 2.00 bits per heavy atom. The van der Waals surface area contributed by atoms with E-state index in [2.05, 4.69) is 0 Å². The molecule has 0 aromatic heterocycles. The first-order valence-corrected chi connectivity index (χ1v) is 9.38. The Labute approximate surface area is 136 Å². The number of nitrogens with zero attached hydrogens (tertiary/aromatic N) is 1. The van der Waals surface area contributed by atoms with Gasteiger partial charge in [0.05, 0.1) is 24.8 Å². The minimum absolute atomic E-state index is 0.0250. The van der Waals surface area contributed by atoms with E-state index in [1.165, 1.54) is 4.31 Å². The van der Waals surface area contributed by atoms with Crippen LogP contribution >= 0.6 is 0 Å². The van der Waals surface area contributed by atoms with Crippen molar-refractivity contribution in [2.45, 2.75) is 31.8 Å². The average molecular weight is 339 g/mol. The van der Waals surface area contributed by atoms with Crippen molar-refractivity contribution in [1.29, 1.82) is 0 Å². The van der Waals surface area contributed by atoms with Gasteiger partial charge in [0.2, 0.25) is 10.0 Å². The Morgan fingerprint density at radius 3 is 2.61 bits per heavy atom. The number of methoxy groups -OCH3 is 1. The van der Waals surface area contributed by atoms with Gasteiger partial charge in [-0.2, -0.15) is 0 Å². The molecule has 1 aromatic rings. The molecule has 0 atom stereocenters. The Kier molecular flexibility index (Phi) is 4.10. The highest BCUT2D eigenvalue weighted by atomic mass is 32.2. The maximum atomic E-state index is 12.5. The second kappa shape index (κ2) is 5.79. The van der Waals surface area contributed by atoms with E-state index in [0.717, 1.165) is 0 Å². The summed E-state index contributed by atoms with van der Waals surface area (Å²) in [7, 11) is -1.63. The number of Topliss-reactive ketones (excluding diaryl/α,β-unsaturated/α-hetero) is 1. The number of ether oxygens (including phenoxy) is 2. The summed E-state index contributed by atoms with van der Waals surface area (Å²) in [5, 5.41) is 0.